The van der Waals surface area contributed by atoms with Crippen molar-refractivity contribution in [2.24, 2.45) is 0 Å². The van der Waals surface area contributed by atoms with Crippen molar-refractivity contribution in [1.29, 1.82) is 0 Å². The van der Waals surface area contributed by atoms with Gasteiger partial charge in [0.1, 0.15) is 6.10 Å². The lowest BCUT2D eigenvalue weighted by Gasteiger charge is -2.13. The Labute approximate surface area is 113 Å². The zero-order chi connectivity index (χ0) is 13.8. The zero-order valence-electron chi connectivity index (χ0n) is 11.3. The second-order valence-corrected chi connectivity index (χ2v) is 4.83. The number of hydrogen-bond acceptors (Lipinski definition) is 2. The molecule has 0 saturated carbocycles. The number of aliphatic hydroxyl groups is 1. The van der Waals surface area contributed by atoms with Gasteiger partial charge >= 0.3 is 0 Å². The minimum absolute atomic E-state index is 0.163. The second-order valence-electron chi connectivity index (χ2n) is 4.83. The largest absolute Gasteiger partial charge is 0.381 e. The van der Waals surface area contributed by atoms with Crippen LogP contribution in [0.2, 0.25) is 0 Å². The van der Waals surface area contributed by atoms with Crippen LogP contribution in [0.5, 0.6) is 0 Å². The molecule has 19 heavy (non-hydrogen) atoms. The van der Waals surface area contributed by atoms with Crippen LogP contribution in [0.15, 0.2) is 48.5 Å². The number of ketones is 1. The van der Waals surface area contributed by atoms with E-state index < -0.39 is 6.10 Å². The van der Waals surface area contributed by atoms with Gasteiger partial charge in [0.15, 0.2) is 5.78 Å². The molecule has 1 N–H and O–H groups in total. The van der Waals surface area contributed by atoms with Crippen LogP contribution in [0.1, 0.15) is 28.4 Å². The third kappa shape index (κ3) is 3.09. The summed E-state index contributed by atoms with van der Waals surface area (Å²) in [5, 5.41) is 10.1. The van der Waals surface area contributed by atoms with Gasteiger partial charge in [-0.2, -0.15) is 0 Å². The Bertz CT molecular complexity index is 553. The van der Waals surface area contributed by atoms with Gasteiger partial charge in [-0.15, -0.1) is 0 Å². The third-order valence-corrected chi connectivity index (χ3v) is 3.42. The van der Waals surface area contributed by atoms with Crippen molar-refractivity contribution in [2.45, 2.75) is 26.4 Å². The first-order valence-electron chi connectivity index (χ1n) is 6.40. The fraction of sp³-hybridized carbons (Fsp3) is 0.235. The summed E-state index contributed by atoms with van der Waals surface area (Å²) in [7, 11) is 0. The topological polar surface area (TPSA) is 37.3 Å². The standard InChI is InChI=1S/C17H18O2/c1-12-7-6-8-13(2)15(12)11-16(18)17(19)14-9-4-3-5-10-14/h3-10,17,19H,11H2,1-2H3. The lowest BCUT2D eigenvalue weighted by Crippen LogP contribution is -2.15. The summed E-state index contributed by atoms with van der Waals surface area (Å²) in [5.74, 6) is -0.163. The minimum atomic E-state index is -1.04. The fourth-order valence-electron chi connectivity index (χ4n) is 2.22. The molecule has 1 atom stereocenters. The summed E-state index contributed by atoms with van der Waals surface area (Å²) in [6.07, 6.45) is -0.769. The van der Waals surface area contributed by atoms with Crippen LogP contribution in [0, 0.1) is 13.8 Å². The molecule has 0 saturated heterocycles. The highest BCUT2D eigenvalue weighted by molar-refractivity contribution is 5.86. The van der Waals surface area contributed by atoms with E-state index in [4.69, 9.17) is 0 Å². The normalized spacial score (nSPS) is 12.2. The average molecular weight is 254 g/mol. The average Bonchev–Trinajstić information content (AvgIpc) is 2.43. The lowest BCUT2D eigenvalue weighted by molar-refractivity contribution is -0.126. The molecule has 2 nitrogen and oxygen atoms in total. The van der Waals surface area contributed by atoms with E-state index in [1.165, 1.54) is 0 Å². The predicted octanol–water partition coefficient (Wildman–Crippen LogP) is 3.15. The number of rotatable bonds is 4. The Morgan fingerprint density at radius 2 is 1.58 bits per heavy atom. The van der Waals surface area contributed by atoms with Crippen LogP contribution >= 0.6 is 0 Å². The van der Waals surface area contributed by atoms with Crippen LogP contribution < -0.4 is 0 Å². The molecule has 0 heterocycles. The summed E-state index contributed by atoms with van der Waals surface area (Å²) in [6, 6.07) is 15.0. The van der Waals surface area contributed by atoms with E-state index in [1.54, 1.807) is 12.1 Å². The molecule has 0 aliphatic heterocycles. The number of aryl methyl sites for hydroxylation is 2. The number of aliphatic hydroxyl groups excluding tert-OH is 1. The summed E-state index contributed by atoms with van der Waals surface area (Å²) >= 11 is 0. The minimum Gasteiger partial charge on any atom is -0.381 e. The SMILES string of the molecule is Cc1cccc(C)c1CC(=O)C(O)c1ccccc1. The van der Waals surface area contributed by atoms with E-state index in [9.17, 15) is 9.90 Å². The maximum Gasteiger partial charge on any atom is 0.170 e. The van der Waals surface area contributed by atoms with Gasteiger partial charge in [0.25, 0.3) is 0 Å². The summed E-state index contributed by atoms with van der Waals surface area (Å²) in [6.45, 7) is 3.98. The van der Waals surface area contributed by atoms with Gasteiger partial charge in [0.2, 0.25) is 0 Å². The molecule has 2 heteroatoms. The molecule has 0 aromatic heterocycles. The van der Waals surface area contributed by atoms with Crippen LogP contribution in [0.4, 0.5) is 0 Å². The van der Waals surface area contributed by atoms with Crippen molar-refractivity contribution in [1.82, 2.24) is 0 Å². The van der Waals surface area contributed by atoms with Crippen molar-refractivity contribution >= 4 is 5.78 Å². The molecule has 0 bridgehead atoms. The summed E-state index contributed by atoms with van der Waals surface area (Å²) < 4.78 is 0. The molecule has 0 amide bonds. The monoisotopic (exact) mass is 254 g/mol. The molecular weight excluding hydrogens is 236 g/mol. The Morgan fingerprint density at radius 3 is 2.16 bits per heavy atom. The Kier molecular flexibility index (Phi) is 4.13. The molecule has 0 radical (unpaired) electrons. The molecule has 2 aromatic carbocycles. The van der Waals surface area contributed by atoms with Crippen LogP contribution in [0.3, 0.4) is 0 Å². The van der Waals surface area contributed by atoms with Crippen molar-refractivity contribution in [3.05, 3.63) is 70.8 Å². The van der Waals surface area contributed by atoms with E-state index in [1.807, 2.05) is 50.2 Å². The van der Waals surface area contributed by atoms with Gasteiger partial charge in [0.05, 0.1) is 0 Å². The molecule has 0 fully saturated rings. The van der Waals surface area contributed by atoms with Crippen molar-refractivity contribution in [3.63, 3.8) is 0 Å². The molecule has 0 spiro atoms. The molecule has 98 valence electrons. The van der Waals surface area contributed by atoms with E-state index >= 15 is 0 Å². The van der Waals surface area contributed by atoms with Gasteiger partial charge in [-0.25, -0.2) is 0 Å². The first-order chi connectivity index (χ1) is 9.09. The summed E-state index contributed by atoms with van der Waals surface area (Å²) in [4.78, 5) is 12.2. The first kappa shape index (κ1) is 13.5. The number of hydrogen-bond donors (Lipinski definition) is 1. The highest BCUT2D eigenvalue weighted by Gasteiger charge is 2.18. The van der Waals surface area contributed by atoms with E-state index in [2.05, 4.69) is 0 Å². The van der Waals surface area contributed by atoms with Crippen LogP contribution in [-0.4, -0.2) is 10.9 Å². The molecule has 0 aliphatic rings. The van der Waals surface area contributed by atoms with Gasteiger partial charge in [-0.05, 0) is 36.1 Å². The van der Waals surface area contributed by atoms with E-state index in [-0.39, 0.29) is 12.2 Å². The van der Waals surface area contributed by atoms with Crippen molar-refractivity contribution in [3.8, 4) is 0 Å². The predicted molar refractivity (Wildman–Crippen MR) is 76.0 cm³/mol. The van der Waals surface area contributed by atoms with Gasteiger partial charge in [-0.3, -0.25) is 4.79 Å². The molecular formula is C17H18O2. The molecule has 1 unspecified atom stereocenters. The highest BCUT2D eigenvalue weighted by atomic mass is 16.3. The highest BCUT2D eigenvalue weighted by Crippen LogP contribution is 2.19. The van der Waals surface area contributed by atoms with Crippen molar-refractivity contribution in [2.75, 3.05) is 0 Å². The lowest BCUT2D eigenvalue weighted by atomic mass is 9.94. The van der Waals surface area contributed by atoms with E-state index in [0.29, 0.717) is 5.56 Å². The number of carbonyl (C=O) groups excluding carboxylic acids is 1. The van der Waals surface area contributed by atoms with Gasteiger partial charge in [0, 0.05) is 6.42 Å². The molecule has 0 aliphatic carbocycles. The fourth-order valence-corrected chi connectivity index (χ4v) is 2.22. The number of carbonyl (C=O) groups is 1. The zero-order valence-corrected chi connectivity index (χ0v) is 11.3. The Hall–Kier alpha value is -1.93. The van der Waals surface area contributed by atoms with Gasteiger partial charge < -0.3 is 5.11 Å². The molecule has 2 aromatic rings. The molecule has 2 rings (SSSR count). The third-order valence-electron chi connectivity index (χ3n) is 3.42. The Morgan fingerprint density at radius 1 is 1.00 bits per heavy atom. The smallest absolute Gasteiger partial charge is 0.170 e. The van der Waals surface area contributed by atoms with Gasteiger partial charge in [-0.1, -0.05) is 48.5 Å². The number of Topliss-reactive ketones (excluding diaryl/α,β-unsaturated/α-hetero) is 1. The quantitative estimate of drug-likeness (QED) is 0.910. The first-order valence-corrected chi connectivity index (χ1v) is 6.40. The van der Waals surface area contributed by atoms with Crippen LogP contribution in [0.25, 0.3) is 0 Å². The maximum absolute atomic E-state index is 12.2. The Balaban J connectivity index is 2.18. The van der Waals surface area contributed by atoms with Crippen LogP contribution in [-0.2, 0) is 11.2 Å². The summed E-state index contributed by atoms with van der Waals surface area (Å²) in [5.41, 5.74) is 3.85. The second kappa shape index (κ2) is 5.81. The van der Waals surface area contributed by atoms with E-state index in [0.717, 1.165) is 16.7 Å². The van der Waals surface area contributed by atoms with Crippen molar-refractivity contribution < 1.29 is 9.90 Å². The number of benzene rings is 2. The maximum atomic E-state index is 12.2.